The lowest BCUT2D eigenvalue weighted by Crippen LogP contribution is -2.27. The molecule has 0 bridgehead atoms. The zero-order valence-corrected chi connectivity index (χ0v) is 11.8. The summed E-state index contributed by atoms with van der Waals surface area (Å²) in [6, 6.07) is 4.66. The second-order valence-electron chi connectivity index (χ2n) is 4.62. The van der Waals surface area contributed by atoms with E-state index in [1.807, 2.05) is 6.92 Å². The first-order chi connectivity index (χ1) is 9.54. The van der Waals surface area contributed by atoms with Crippen LogP contribution in [0, 0.1) is 5.82 Å². The fraction of sp³-hybridized carbons (Fsp3) is 0.357. The molecular formula is C14H16FNO3S. The highest BCUT2D eigenvalue weighted by Crippen LogP contribution is 2.33. The van der Waals surface area contributed by atoms with Crippen molar-refractivity contribution in [2.24, 2.45) is 0 Å². The molecule has 6 heteroatoms. The minimum absolute atomic E-state index is 0.0309. The number of aliphatic hydroxyl groups excluding tert-OH is 1. The van der Waals surface area contributed by atoms with Crippen molar-refractivity contribution in [2.45, 2.75) is 25.9 Å². The monoisotopic (exact) mass is 297 g/mol. The van der Waals surface area contributed by atoms with E-state index < -0.39 is 11.8 Å². The van der Waals surface area contributed by atoms with Crippen LogP contribution in [0.1, 0.15) is 28.6 Å². The van der Waals surface area contributed by atoms with Crippen LogP contribution < -0.4 is 5.32 Å². The lowest BCUT2D eigenvalue weighted by molar-refractivity contribution is 0.0701. The minimum Gasteiger partial charge on any atom is -0.477 e. The SMILES string of the molecule is CC(CCO)NCc1c(C(=O)O)sc2cccc(F)c12. The average Bonchev–Trinajstić information content (AvgIpc) is 2.77. The van der Waals surface area contributed by atoms with E-state index in [0.29, 0.717) is 22.1 Å². The smallest absolute Gasteiger partial charge is 0.346 e. The van der Waals surface area contributed by atoms with Crippen molar-refractivity contribution in [1.82, 2.24) is 5.32 Å². The third-order valence-corrected chi connectivity index (χ3v) is 4.33. The Morgan fingerprint density at radius 1 is 1.50 bits per heavy atom. The molecule has 1 heterocycles. The molecule has 0 amide bonds. The molecule has 20 heavy (non-hydrogen) atoms. The third-order valence-electron chi connectivity index (χ3n) is 3.15. The molecule has 1 aromatic carbocycles. The Bertz CT molecular complexity index is 626. The lowest BCUT2D eigenvalue weighted by atomic mass is 10.1. The van der Waals surface area contributed by atoms with Crippen molar-refractivity contribution >= 4 is 27.4 Å². The number of aliphatic hydroxyl groups is 1. The summed E-state index contributed by atoms with van der Waals surface area (Å²) >= 11 is 1.08. The van der Waals surface area contributed by atoms with Crippen LogP contribution in [0.25, 0.3) is 10.1 Å². The van der Waals surface area contributed by atoms with E-state index in [1.54, 1.807) is 12.1 Å². The van der Waals surface area contributed by atoms with Gasteiger partial charge >= 0.3 is 5.97 Å². The third kappa shape index (κ3) is 2.98. The van der Waals surface area contributed by atoms with Gasteiger partial charge in [-0.2, -0.15) is 0 Å². The number of fused-ring (bicyclic) bond motifs is 1. The van der Waals surface area contributed by atoms with Gasteiger partial charge in [0.2, 0.25) is 0 Å². The zero-order chi connectivity index (χ0) is 14.7. The van der Waals surface area contributed by atoms with Gasteiger partial charge in [0.25, 0.3) is 0 Å². The number of thiophene rings is 1. The number of rotatable bonds is 6. The average molecular weight is 297 g/mol. The molecule has 1 atom stereocenters. The highest BCUT2D eigenvalue weighted by Gasteiger charge is 2.20. The van der Waals surface area contributed by atoms with Crippen molar-refractivity contribution in [3.63, 3.8) is 0 Å². The Balaban J connectivity index is 2.38. The summed E-state index contributed by atoms with van der Waals surface area (Å²) < 4.78 is 14.6. The number of benzene rings is 1. The van der Waals surface area contributed by atoms with Gasteiger partial charge in [-0.25, -0.2) is 9.18 Å². The second-order valence-corrected chi connectivity index (χ2v) is 5.67. The molecule has 0 saturated carbocycles. The number of hydrogen-bond donors (Lipinski definition) is 3. The Hall–Kier alpha value is -1.50. The predicted octanol–water partition coefficient (Wildman–Crippen LogP) is 2.60. The largest absolute Gasteiger partial charge is 0.477 e. The van der Waals surface area contributed by atoms with E-state index in [0.717, 1.165) is 11.3 Å². The number of hydrogen-bond acceptors (Lipinski definition) is 4. The van der Waals surface area contributed by atoms with Gasteiger partial charge in [0.15, 0.2) is 0 Å². The molecule has 3 N–H and O–H groups in total. The van der Waals surface area contributed by atoms with Gasteiger partial charge in [0.05, 0.1) is 0 Å². The molecule has 2 aromatic rings. The normalized spacial score (nSPS) is 12.8. The highest BCUT2D eigenvalue weighted by atomic mass is 32.1. The Morgan fingerprint density at radius 3 is 2.90 bits per heavy atom. The molecule has 0 fully saturated rings. The molecule has 4 nitrogen and oxygen atoms in total. The summed E-state index contributed by atoms with van der Waals surface area (Å²) in [5, 5.41) is 21.6. The van der Waals surface area contributed by atoms with Crippen LogP contribution in [0.5, 0.6) is 0 Å². The summed E-state index contributed by atoms with van der Waals surface area (Å²) in [7, 11) is 0. The molecule has 2 rings (SSSR count). The van der Waals surface area contributed by atoms with Gasteiger partial charge in [0.1, 0.15) is 10.7 Å². The first-order valence-corrected chi connectivity index (χ1v) is 7.13. The molecular weight excluding hydrogens is 281 g/mol. The van der Waals surface area contributed by atoms with Crippen LogP contribution in [0.3, 0.4) is 0 Å². The molecule has 1 aromatic heterocycles. The second kappa shape index (κ2) is 6.30. The van der Waals surface area contributed by atoms with Crippen LogP contribution in [0.4, 0.5) is 4.39 Å². The first kappa shape index (κ1) is 14.9. The summed E-state index contributed by atoms with van der Waals surface area (Å²) in [4.78, 5) is 11.5. The molecule has 0 saturated heterocycles. The van der Waals surface area contributed by atoms with Crippen molar-refractivity contribution in [3.05, 3.63) is 34.5 Å². The molecule has 0 aliphatic carbocycles. The van der Waals surface area contributed by atoms with Gasteiger partial charge < -0.3 is 15.5 Å². The van der Waals surface area contributed by atoms with Gasteiger partial charge in [0, 0.05) is 34.8 Å². The van der Waals surface area contributed by atoms with Crippen LogP contribution >= 0.6 is 11.3 Å². The summed E-state index contributed by atoms with van der Waals surface area (Å²) in [6.45, 7) is 2.21. The number of nitrogens with one attached hydrogen (secondary N) is 1. The highest BCUT2D eigenvalue weighted by molar-refractivity contribution is 7.21. The Labute approximate surface area is 119 Å². The van der Waals surface area contributed by atoms with E-state index in [9.17, 15) is 14.3 Å². The number of halogens is 1. The van der Waals surface area contributed by atoms with Gasteiger partial charge in [-0.05, 0) is 25.5 Å². The van der Waals surface area contributed by atoms with Crippen molar-refractivity contribution in [1.29, 1.82) is 0 Å². The summed E-state index contributed by atoms with van der Waals surface area (Å²) in [6.07, 6.45) is 0.562. The van der Waals surface area contributed by atoms with Gasteiger partial charge in [-0.1, -0.05) is 6.07 Å². The van der Waals surface area contributed by atoms with Crippen molar-refractivity contribution in [2.75, 3.05) is 6.61 Å². The van der Waals surface area contributed by atoms with E-state index >= 15 is 0 Å². The molecule has 0 aliphatic heterocycles. The topological polar surface area (TPSA) is 69.6 Å². The number of carbonyl (C=O) groups is 1. The lowest BCUT2D eigenvalue weighted by Gasteiger charge is -2.12. The van der Waals surface area contributed by atoms with Crippen molar-refractivity contribution in [3.8, 4) is 0 Å². The zero-order valence-electron chi connectivity index (χ0n) is 11.0. The Morgan fingerprint density at radius 2 is 2.25 bits per heavy atom. The van der Waals surface area contributed by atoms with E-state index in [4.69, 9.17) is 5.11 Å². The number of aromatic carboxylic acids is 1. The molecule has 1 unspecified atom stereocenters. The molecule has 0 spiro atoms. The summed E-state index contributed by atoms with van der Waals surface area (Å²) in [5.74, 6) is -1.45. The van der Waals surface area contributed by atoms with E-state index in [2.05, 4.69) is 5.32 Å². The van der Waals surface area contributed by atoms with Crippen LogP contribution in [-0.4, -0.2) is 28.8 Å². The number of carboxylic acids is 1. The molecule has 0 radical (unpaired) electrons. The summed E-state index contributed by atoms with van der Waals surface area (Å²) in [5.41, 5.74) is 0.473. The first-order valence-electron chi connectivity index (χ1n) is 6.32. The fourth-order valence-corrected chi connectivity index (χ4v) is 3.15. The minimum atomic E-state index is -1.04. The maximum Gasteiger partial charge on any atom is 0.346 e. The maximum absolute atomic E-state index is 13.9. The quantitative estimate of drug-likeness (QED) is 0.766. The van der Waals surface area contributed by atoms with Gasteiger partial charge in [-0.3, -0.25) is 0 Å². The van der Waals surface area contributed by atoms with Gasteiger partial charge in [-0.15, -0.1) is 11.3 Å². The van der Waals surface area contributed by atoms with Crippen LogP contribution in [0.15, 0.2) is 18.2 Å². The maximum atomic E-state index is 13.9. The van der Waals surface area contributed by atoms with E-state index in [-0.39, 0.29) is 24.1 Å². The Kier molecular flexibility index (Phi) is 4.69. The number of carboxylic acid groups (broad SMARTS) is 1. The molecule has 0 aliphatic rings. The standard InChI is InChI=1S/C14H16FNO3S/c1-8(5-6-17)16-7-9-12-10(15)3-2-4-11(12)20-13(9)14(18)19/h2-4,8,16-17H,5-7H2,1H3,(H,18,19). The van der Waals surface area contributed by atoms with E-state index in [1.165, 1.54) is 6.07 Å². The fourth-order valence-electron chi connectivity index (χ4n) is 2.08. The molecule has 108 valence electrons. The van der Waals surface area contributed by atoms with Crippen LogP contribution in [0.2, 0.25) is 0 Å². The van der Waals surface area contributed by atoms with Crippen LogP contribution in [-0.2, 0) is 6.54 Å². The predicted molar refractivity (Wildman–Crippen MR) is 76.7 cm³/mol. The van der Waals surface area contributed by atoms with Crippen molar-refractivity contribution < 1.29 is 19.4 Å².